The first-order valence-corrected chi connectivity index (χ1v) is 8.01. The van der Waals surface area contributed by atoms with Crippen molar-refractivity contribution in [2.24, 2.45) is 5.41 Å². The maximum Gasteiger partial charge on any atom is 0.237 e. The minimum Gasteiger partial charge on any atom is -0.352 e. The van der Waals surface area contributed by atoms with Crippen molar-refractivity contribution in [1.29, 1.82) is 0 Å². The van der Waals surface area contributed by atoms with E-state index in [9.17, 15) is 9.59 Å². The van der Waals surface area contributed by atoms with Gasteiger partial charge in [-0.1, -0.05) is 43.2 Å². The van der Waals surface area contributed by atoms with E-state index in [0.717, 1.165) is 31.2 Å². The number of rotatable bonds is 5. The van der Waals surface area contributed by atoms with Crippen LogP contribution in [0, 0.1) is 5.41 Å². The third kappa shape index (κ3) is 3.87. The Hall–Kier alpha value is -1.84. The molecule has 2 rings (SSSR count). The number of hydrogen-bond donors (Lipinski definition) is 1. The molecule has 1 aliphatic carbocycles. The van der Waals surface area contributed by atoms with E-state index in [4.69, 9.17) is 0 Å². The molecule has 0 radical (unpaired) electrons. The Kier molecular flexibility index (Phi) is 5.22. The third-order valence-electron chi connectivity index (χ3n) is 4.40. The van der Waals surface area contributed by atoms with Crippen molar-refractivity contribution in [3.05, 3.63) is 35.9 Å². The first kappa shape index (κ1) is 16.5. The van der Waals surface area contributed by atoms with Crippen LogP contribution in [0.1, 0.15) is 45.1 Å². The molecule has 1 N–H and O–H groups in total. The average Bonchev–Trinajstić information content (AvgIpc) is 3.00. The maximum absolute atomic E-state index is 12.6. The molecule has 4 nitrogen and oxygen atoms in total. The van der Waals surface area contributed by atoms with Gasteiger partial charge in [-0.25, -0.2) is 0 Å². The minimum absolute atomic E-state index is 0.146. The topological polar surface area (TPSA) is 49.4 Å². The molecule has 0 heterocycles. The summed E-state index contributed by atoms with van der Waals surface area (Å²) in [5.74, 6) is -0.309. The Bertz CT molecular complexity index is 519. The molecule has 0 saturated heterocycles. The van der Waals surface area contributed by atoms with Gasteiger partial charge in [0, 0.05) is 19.6 Å². The third-order valence-corrected chi connectivity index (χ3v) is 4.40. The van der Waals surface area contributed by atoms with Crippen molar-refractivity contribution in [3.8, 4) is 0 Å². The van der Waals surface area contributed by atoms with Gasteiger partial charge in [0.25, 0.3) is 0 Å². The van der Waals surface area contributed by atoms with Gasteiger partial charge in [-0.05, 0) is 32.3 Å². The van der Waals surface area contributed by atoms with Crippen molar-refractivity contribution < 1.29 is 9.59 Å². The smallest absolute Gasteiger partial charge is 0.237 e. The quantitative estimate of drug-likeness (QED) is 0.850. The lowest BCUT2D eigenvalue weighted by Crippen LogP contribution is -2.50. The lowest BCUT2D eigenvalue weighted by atomic mass is 9.89. The average molecular weight is 302 g/mol. The number of nitrogens with zero attached hydrogens (tertiary/aromatic N) is 1. The summed E-state index contributed by atoms with van der Waals surface area (Å²) in [6, 6.07) is 10.0. The molecule has 0 aliphatic heterocycles. The molecule has 0 bridgehead atoms. The zero-order valence-electron chi connectivity index (χ0n) is 13.8. The summed E-state index contributed by atoms with van der Waals surface area (Å²) in [5.41, 5.74) is 0.0249. The highest BCUT2D eigenvalue weighted by Gasteiger charge is 2.39. The first-order valence-electron chi connectivity index (χ1n) is 8.01. The predicted molar refractivity (Wildman–Crippen MR) is 87.1 cm³/mol. The van der Waals surface area contributed by atoms with Crippen LogP contribution >= 0.6 is 0 Å². The number of carbonyl (C=O) groups is 2. The molecule has 1 saturated carbocycles. The van der Waals surface area contributed by atoms with E-state index in [-0.39, 0.29) is 17.9 Å². The zero-order chi connectivity index (χ0) is 16.2. The van der Waals surface area contributed by atoms with Crippen molar-refractivity contribution >= 4 is 11.8 Å². The summed E-state index contributed by atoms with van der Waals surface area (Å²) < 4.78 is 0. The summed E-state index contributed by atoms with van der Waals surface area (Å²) >= 11 is 0. The zero-order valence-corrected chi connectivity index (χ0v) is 13.8. The Morgan fingerprint density at radius 1 is 1.18 bits per heavy atom. The van der Waals surface area contributed by atoms with E-state index in [1.54, 1.807) is 25.8 Å². The normalized spacial score (nSPS) is 15.6. The summed E-state index contributed by atoms with van der Waals surface area (Å²) in [4.78, 5) is 26.7. The van der Waals surface area contributed by atoms with Crippen LogP contribution in [-0.4, -0.2) is 29.8 Å². The van der Waals surface area contributed by atoms with Gasteiger partial charge in [-0.15, -0.1) is 0 Å². The van der Waals surface area contributed by atoms with E-state index < -0.39 is 5.41 Å². The molecule has 4 heteroatoms. The second-order valence-corrected chi connectivity index (χ2v) is 6.73. The largest absolute Gasteiger partial charge is 0.352 e. The molecule has 1 aromatic rings. The van der Waals surface area contributed by atoms with E-state index in [1.165, 1.54) is 0 Å². The summed E-state index contributed by atoms with van der Waals surface area (Å²) in [6.07, 6.45) is 4.37. The Labute approximate surface area is 132 Å². The number of carbonyl (C=O) groups excluding carboxylic acids is 2. The van der Waals surface area contributed by atoms with Gasteiger partial charge < -0.3 is 10.2 Å². The highest BCUT2D eigenvalue weighted by atomic mass is 16.2. The lowest BCUT2D eigenvalue weighted by Gasteiger charge is -2.29. The fraction of sp³-hybridized carbons (Fsp3) is 0.556. The minimum atomic E-state index is -1.04. The lowest BCUT2D eigenvalue weighted by molar-refractivity contribution is -0.148. The van der Waals surface area contributed by atoms with Gasteiger partial charge in [0.15, 0.2) is 0 Å². The molecule has 0 spiro atoms. The van der Waals surface area contributed by atoms with Gasteiger partial charge >= 0.3 is 0 Å². The molecule has 120 valence electrons. The summed E-state index contributed by atoms with van der Waals surface area (Å²) in [6.45, 7) is 3.93. The van der Waals surface area contributed by atoms with Gasteiger partial charge in [0.2, 0.25) is 11.8 Å². The molecular formula is C18H26N2O2. The van der Waals surface area contributed by atoms with Crippen molar-refractivity contribution in [3.63, 3.8) is 0 Å². The standard InChI is InChI=1S/C18H26N2O2/c1-18(2,16(21)19-15-11-7-8-12-15)17(22)20(3)13-14-9-5-4-6-10-14/h4-6,9-10,15H,7-8,11-13H2,1-3H3,(H,19,21). The van der Waals surface area contributed by atoms with Gasteiger partial charge in [0.05, 0.1) is 0 Å². The number of amides is 2. The van der Waals surface area contributed by atoms with E-state index in [2.05, 4.69) is 5.32 Å². The predicted octanol–water partition coefficient (Wildman–Crippen LogP) is 2.73. The molecule has 0 aromatic heterocycles. The number of benzene rings is 1. The second kappa shape index (κ2) is 6.95. The number of nitrogens with one attached hydrogen (secondary N) is 1. The van der Waals surface area contributed by atoms with Crippen molar-refractivity contribution in [2.45, 2.75) is 52.1 Å². The van der Waals surface area contributed by atoms with Gasteiger partial charge in [0.1, 0.15) is 5.41 Å². The molecule has 1 aromatic carbocycles. The van der Waals surface area contributed by atoms with E-state index in [0.29, 0.717) is 6.54 Å². The van der Waals surface area contributed by atoms with E-state index >= 15 is 0 Å². The van der Waals surface area contributed by atoms with Crippen LogP contribution in [0.15, 0.2) is 30.3 Å². The Morgan fingerprint density at radius 2 is 1.77 bits per heavy atom. The van der Waals surface area contributed by atoms with Crippen LogP contribution in [0.3, 0.4) is 0 Å². The molecule has 2 amide bonds. The molecule has 22 heavy (non-hydrogen) atoms. The Balaban J connectivity index is 1.97. The fourth-order valence-corrected chi connectivity index (χ4v) is 2.94. The first-order chi connectivity index (χ1) is 10.4. The molecular weight excluding hydrogens is 276 g/mol. The fourth-order valence-electron chi connectivity index (χ4n) is 2.94. The Morgan fingerprint density at radius 3 is 2.36 bits per heavy atom. The van der Waals surface area contributed by atoms with Gasteiger partial charge in [-0.3, -0.25) is 9.59 Å². The van der Waals surface area contributed by atoms with Crippen LogP contribution in [0.2, 0.25) is 0 Å². The second-order valence-electron chi connectivity index (χ2n) is 6.73. The summed E-state index contributed by atoms with van der Waals surface area (Å²) in [5, 5.41) is 3.03. The molecule has 0 unspecified atom stereocenters. The highest BCUT2D eigenvalue weighted by molar-refractivity contribution is 6.04. The van der Waals surface area contributed by atoms with Crippen LogP contribution in [0.4, 0.5) is 0 Å². The number of hydrogen-bond acceptors (Lipinski definition) is 2. The summed E-state index contributed by atoms with van der Waals surface area (Å²) in [7, 11) is 1.75. The van der Waals surface area contributed by atoms with Crippen LogP contribution in [0.5, 0.6) is 0 Å². The van der Waals surface area contributed by atoms with Crippen LogP contribution < -0.4 is 5.32 Å². The SMILES string of the molecule is CN(Cc1ccccc1)C(=O)C(C)(C)C(=O)NC1CCCC1. The van der Waals surface area contributed by atoms with Crippen LogP contribution in [0.25, 0.3) is 0 Å². The van der Waals surface area contributed by atoms with Crippen molar-refractivity contribution in [2.75, 3.05) is 7.05 Å². The van der Waals surface area contributed by atoms with Crippen LogP contribution in [-0.2, 0) is 16.1 Å². The van der Waals surface area contributed by atoms with Crippen molar-refractivity contribution in [1.82, 2.24) is 10.2 Å². The van der Waals surface area contributed by atoms with E-state index in [1.807, 2.05) is 30.3 Å². The molecule has 1 aliphatic rings. The molecule has 1 fully saturated rings. The maximum atomic E-state index is 12.6. The monoisotopic (exact) mass is 302 g/mol. The highest BCUT2D eigenvalue weighted by Crippen LogP contribution is 2.23. The molecule has 0 atom stereocenters. The van der Waals surface area contributed by atoms with Gasteiger partial charge in [-0.2, -0.15) is 0 Å².